The second-order valence-corrected chi connectivity index (χ2v) is 7.24. The summed E-state index contributed by atoms with van der Waals surface area (Å²) in [5, 5.41) is 2.86. The van der Waals surface area contributed by atoms with Gasteiger partial charge in [0.2, 0.25) is 11.8 Å². The lowest BCUT2D eigenvalue weighted by Gasteiger charge is -2.38. The van der Waals surface area contributed by atoms with Gasteiger partial charge in [-0.1, -0.05) is 0 Å². The van der Waals surface area contributed by atoms with Crippen molar-refractivity contribution in [1.82, 2.24) is 4.90 Å². The topological polar surface area (TPSA) is 67.9 Å². The number of nitrogens with one attached hydrogen (secondary N) is 1. The average Bonchev–Trinajstić information content (AvgIpc) is 2.57. The summed E-state index contributed by atoms with van der Waals surface area (Å²) < 4.78 is 11.4. The van der Waals surface area contributed by atoms with Crippen LogP contribution < -0.4 is 10.1 Å². The molecule has 2 aliphatic heterocycles. The van der Waals surface area contributed by atoms with Crippen molar-refractivity contribution in [2.45, 2.75) is 45.1 Å². The van der Waals surface area contributed by atoms with Crippen molar-refractivity contribution in [3.8, 4) is 5.75 Å². The number of hydrogen-bond donors (Lipinski definition) is 1. The molecule has 0 radical (unpaired) electrons. The van der Waals surface area contributed by atoms with Gasteiger partial charge in [0.05, 0.1) is 18.8 Å². The van der Waals surface area contributed by atoms with Gasteiger partial charge >= 0.3 is 0 Å². The fraction of sp³-hybridized carbons (Fsp3) is 0.579. The summed E-state index contributed by atoms with van der Waals surface area (Å²) in [6.07, 6.45) is 2.42. The minimum atomic E-state index is -0.261. The molecule has 1 N–H and O–H groups in total. The van der Waals surface area contributed by atoms with Gasteiger partial charge in [-0.25, -0.2) is 0 Å². The highest BCUT2D eigenvalue weighted by atomic mass is 16.5. The maximum Gasteiger partial charge on any atom is 0.224 e. The van der Waals surface area contributed by atoms with Gasteiger partial charge in [0, 0.05) is 31.6 Å². The van der Waals surface area contributed by atoms with E-state index in [1.807, 2.05) is 36.9 Å². The summed E-state index contributed by atoms with van der Waals surface area (Å²) in [6, 6.07) is 5.71. The van der Waals surface area contributed by atoms with Crippen LogP contribution in [0.5, 0.6) is 5.75 Å². The normalized spacial score (nSPS) is 19.1. The van der Waals surface area contributed by atoms with Crippen molar-refractivity contribution in [2.75, 3.05) is 31.6 Å². The van der Waals surface area contributed by atoms with E-state index in [0.29, 0.717) is 45.6 Å². The van der Waals surface area contributed by atoms with E-state index < -0.39 is 0 Å². The van der Waals surface area contributed by atoms with Crippen LogP contribution in [0.3, 0.4) is 0 Å². The van der Waals surface area contributed by atoms with Gasteiger partial charge in [-0.05, 0) is 50.5 Å². The van der Waals surface area contributed by atoms with Crippen LogP contribution in [0.15, 0.2) is 18.2 Å². The largest absolute Gasteiger partial charge is 0.494 e. The summed E-state index contributed by atoms with van der Waals surface area (Å²) in [7, 11) is 0. The van der Waals surface area contributed by atoms with Gasteiger partial charge in [-0.3, -0.25) is 9.59 Å². The van der Waals surface area contributed by atoms with Crippen LogP contribution in [0.1, 0.15) is 38.7 Å². The lowest BCUT2D eigenvalue weighted by Crippen LogP contribution is -2.50. The molecule has 0 spiro atoms. The summed E-state index contributed by atoms with van der Waals surface area (Å²) >= 11 is 0. The van der Waals surface area contributed by atoms with Crippen LogP contribution in [0.25, 0.3) is 0 Å². The molecule has 2 heterocycles. The van der Waals surface area contributed by atoms with Crippen molar-refractivity contribution in [3.05, 3.63) is 23.8 Å². The highest BCUT2D eigenvalue weighted by Crippen LogP contribution is 2.27. The number of rotatable bonds is 5. The third kappa shape index (κ3) is 4.72. The van der Waals surface area contributed by atoms with Crippen molar-refractivity contribution >= 4 is 17.5 Å². The molecule has 25 heavy (non-hydrogen) atoms. The number of morpholine rings is 1. The Balaban J connectivity index is 1.43. The van der Waals surface area contributed by atoms with Crippen LogP contribution in [0, 0.1) is 0 Å². The molecule has 0 aliphatic carbocycles. The van der Waals surface area contributed by atoms with E-state index >= 15 is 0 Å². The molecule has 2 amide bonds. The van der Waals surface area contributed by atoms with E-state index in [2.05, 4.69) is 5.32 Å². The molecule has 0 unspecified atom stereocenters. The molecular formula is C19H26N2O4. The van der Waals surface area contributed by atoms with Gasteiger partial charge in [0.1, 0.15) is 5.75 Å². The van der Waals surface area contributed by atoms with Crippen LogP contribution in [-0.4, -0.2) is 48.6 Å². The predicted octanol–water partition coefficient (Wildman–Crippen LogP) is 2.37. The van der Waals surface area contributed by atoms with E-state index in [1.165, 1.54) is 0 Å². The molecule has 0 saturated carbocycles. The minimum Gasteiger partial charge on any atom is -0.494 e. The molecule has 136 valence electrons. The molecule has 1 fully saturated rings. The maximum atomic E-state index is 12.3. The molecule has 3 rings (SSSR count). The van der Waals surface area contributed by atoms with Gasteiger partial charge in [0.15, 0.2) is 0 Å². The maximum absolute atomic E-state index is 12.3. The Labute approximate surface area is 148 Å². The first-order chi connectivity index (χ1) is 11.9. The molecular weight excluding hydrogens is 320 g/mol. The Morgan fingerprint density at radius 1 is 1.36 bits per heavy atom. The first-order valence-corrected chi connectivity index (χ1v) is 8.90. The molecule has 0 atom stereocenters. The van der Waals surface area contributed by atoms with Gasteiger partial charge in [-0.2, -0.15) is 0 Å². The van der Waals surface area contributed by atoms with Crippen molar-refractivity contribution < 1.29 is 19.1 Å². The van der Waals surface area contributed by atoms with Crippen LogP contribution >= 0.6 is 0 Å². The Morgan fingerprint density at radius 3 is 3.00 bits per heavy atom. The Bertz CT molecular complexity index is 657. The molecule has 6 nitrogen and oxygen atoms in total. The fourth-order valence-electron chi connectivity index (χ4n) is 3.25. The lowest BCUT2D eigenvalue weighted by molar-refractivity contribution is -0.146. The van der Waals surface area contributed by atoms with Crippen molar-refractivity contribution in [1.29, 1.82) is 0 Å². The molecule has 0 bridgehead atoms. The van der Waals surface area contributed by atoms with E-state index in [0.717, 1.165) is 23.4 Å². The first-order valence-electron chi connectivity index (χ1n) is 8.90. The fourth-order valence-corrected chi connectivity index (χ4v) is 3.25. The summed E-state index contributed by atoms with van der Waals surface area (Å²) in [5.74, 6) is 1.01. The standard InChI is InChI=1S/C19H26N2O4/c1-19(2)13-21(9-11-25-19)18(23)4-3-10-24-15-6-7-16-14(12-15)5-8-17(22)20-16/h6-7,12H,3-5,8-11,13H2,1-2H3,(H,20,22). The number of aryl methyl sites for hydroxylation is 1. The summed E-state index contributed by atoms with van der Waals surface area (Å²) in [6.45, 7) is 6.43. The van der Waals surface area contributed by atoms with Crippen molar-refractivity contribution in [3.63, 3.8) is 0 Å². The monoisotopic (exact) mass is 346 g/mol. The molecule has 1 aromatic carbocycles. The highest BCUT2D eigenvalue weighted by molar-refractivity contribution is 5.94. The zero-order valence-corrected chi connectivity index (χ0v) is 15.0. The number of ether oxygens (including phenoxy) is 2. The first kappa shape index (κ1) is 17.7. The minimum absolute atomic E-state index is 0.0611. The number of anilines is 1. The van der Waals surface area contributed by atoms with Gasteiger partial charge < -0.3 is 19.7 Å². The van der Waals surface area contributed by atoms with E-state index in [9.17, 15) is 9.59 Å². The quantitative estimate of drug-likeness (QED) is 0.831. The second-order valence-electron chi connectivity index (χ2n) is 7.24. The van der Waals surface area contributed by atoms with Gasteiger partial charge in [-0.15, -0.1) is 0 Å². The van der Waals surface area contributed by atoms with E-state index in [1.54, 1.807) is 0 Å². The van der Waals surface area contributed by atoms with E-state index in [-0.39, 0.29) is 17.4 Å². The molecule has 6 heteroatoms. The molecule has 0 aromatic heterocycles. The number of hydrogen-bond acceptors (Lipinski definition) is 4. The van der Waals surface area contributed by atoms with Crippen LogP contribution in [0.2, 0.25) is 0 Å². The van der Waals surface area contributed by atoms with Crippen molar-refractivity contribution in [2.24, 2.45) is 0 Å². The van der Waals surface area contributed by atoms with Crippen LogP contribution in [-0.2, 0) is 20.7 Å². The Hall–Kier alpha value is -2.08. The highest BCUT2D eigenvalue weighted by Gasteiger charge is 2.29. The number of benzene rings is 1. The smallest absolute Gasteiger partial charge is 0.224 e. The third-order valence-corrected chi connectivity index (χ3v) is 4.55. The third-order valence-electron chi connectivity index (χ3n) is 4.55. The number of carbonyl (C=O) groups is 2. The number of carbonyl (C=O) groups excluding carboxylic acids is 2. The number of nitrogens with zero attached hydrogens (tertiary/aromatic N) is 1. The van der Waals surface area contributed by atoms with E-state index in [4.69, 9.17) is 9.47 Å². The predicted molar refractivity (Wildman–Crippen MR) is 94.7 cm³/mol. The molecule has 2 aliphatic rings. The SMILES string of the molecule is CC1(C)CN(C(=O)CCCOc2ccc3c(c2)CCC(=O)N3)CCO1. The Morgan fingerprint density at radius 2 is 2.20 bits per heavy atom. The lowest BCUT2D eigenvalue weighted by atomic mass is 10.0. The zero-order valence-electron chi connectivity index (χ0n) is 15.0. The van der Waals surface area contributed by atoms with Gasteiger partial charge in [0.25, 0.3) is 0 Å². The second kappa shape index (κ2) is 7.44. The summed E-state index contributed by atoms with van der Waals surface area (Å²) in [4.78, 5) is 25.5. The van der Waals surface area contributed by atoms with Crippen LogP contribution in [0.4, 0.5) is 5.69 Å². The Kier molecular flexibility index (Phi) is 5.27. The molecule has 1 aromatic rings. The number of fused-ring (bicyclic) bond motifs is 1. The summed E-state index contributed by atoms with van der Waals surface area (Å²) in [5.41, 5.74) is 1.71. The molecule has 1 saturated heterocycles. The number of amides is 2. The average molecular weight is 346 g/mol. The zero-order chi connectivity index (χ0) is 17.9.